The third kappa shape index (κ3) is 5.17. The van der Waals surface area contributed by atoms with Crippen LogP contribution in [0.25, 0.3) is 0 Å². The van der Waals surface area contributed by atoms with Gasteiger partial charge in [0, 0.05) is 26.6 Å². The number of rotatable bonds is 6. The lowest BCUT2D eigenvalue weighted by atomic mass is 10.1. The van der Waals surface area contributed by atoms with Gasteiger partial charge in [0.2, 0.25) is 15.9 Å². The first-order chi connectivity index (χ1) is 10.8. The fraction of sp³-hybridized carbons (Fsp3) is 0.562. The van der Waals surface area contributed by atoms with Crippen LogP contribution in [0.2, 0.25) is 0 Å². The molecule has 2 atom stereocenters. The molecule has 1 heterocycles. The second-order valence-electron chi connectivity index (χ2n) is 6.14. The Kier molecular flexibility index (Phi) is 7.66. The summed E-state index contributed by atoms with van der Waals surface area (Å²) >= 11 is 0. The number of carbonyl (C=O) groups excluding carboxylic acids is 1. The van der Waals surface area contributed by atoms with Crippen molar-refractivity contribution in [3.8, 4) is 0 Å². The zero-order valence-electron chi connectivity index (χ0n) is 14.3. The summed E-state index contributed by atoms with van der Waals surface area (Å²) in [5, 5.41) is 6.27. The van der Waals surface area contributed by atoms with E-state index < -0.39 is 10.0 Å². The molecule has 1 fully saturated rings. The molecular weight excluding hydrogens is 350 g/mol. The Hall–Kier alpha value is -1.15. The normalized spacial score (nSPS) is 18.9. The van der Waals surface area contributed by atoms with Crippen LogP contribution in [0.1, 0.15) is 37.8 Å². The fourth-order valence-electron chi connectivity index (χ4n) is 2.68. The van der Waals surface area contributed by atoms with E-state index in [1.807, 2.05) is 6.92 Å². The highest BCUT2D eigenvalue weighted by molar-refractivity contribution is 7.89. The Morgan fingerprint density at radius 2 is 1.96 bits per heavy atom. The number of hydrogen-bond donors (Lipinski definition) is 2. The second-order valence-corrected chi connectivity index (χ2v) is 8.29. The molecule has 0 saturated carbocycles. The van der Waals surface area contributed by atoms with E-state index in [0.717, 1.165) is 24.9 Å². The van der Waals surface area contributed by atoms with Crippen molar-refractivity contribution in [3.63, 3.8) is 0 Å². The molecule has 1 saturated heterocycles. The first-order valence-corrected chi connectivity index (χ1v) is 9.30. The average molecular weight is 376 g/mol. The molecule has 1 aromatic rings. The third-order valence-corrected chi connectivity index (χ3v) is 5.96. The first kappa shape index (κ1) is 20.9. The highest BCUT2D eigenvalue weighted by Crippen LogP contribution is 2.18. The zero-order valence-corrected chi connectivity index (χ0v) is 15.9. The van der Waals surface area contributed by atoms with E-state index in [-0.39, 0.29) is 35.3 Å². The van der Waals surface area contributed by atoms with Gasteiger partial charge in [0.25, 0.3) is 0 Å². The summed E-state index contributed by atoms with van der Waals surface area (Å²) in [4.78, 5) is 12.3. The molecule has 0 aromatic heterocycles. The van der Waals surface area contributed by atoms with E-state index in [2.05, 4.69) is 10.6 Å². The second kappa shape index (κ2) is 8.80. The van der Waals surface area contributed by atoms with E-state index in [1.54, 1.807) is 24.3 Å². The van der Waals surface area contributed by atoms with E-state index >= 15 is 0 Å². The standard InChI is InChI=1S/C16H25N3O3S.ClH/c1-12(18-16(20)11-14-5-4-10-17-14)13-6-8-15(9-7-13)23(21,22)19(2)3;/h6-9,12,14,17H,4-5,10-11H2,1-3H3,(H,18,20);1H. The quantitative estimate of drug-likeness (QED) is 0.792. The van der Waals surface area contributed by atoms with Crippen LogP contribution < -0.4 is 10.6 Å². The SMILES string of the molecule is CC(NC(=O)CC1CCCN1)c1ccc(S(=O)(=O)N(C)C)cc1.Cl. The van der Waals surface area contributed by atoms with Gasteiger partial charge in [-0.05, 0) is 44.0 Å². The molecule has 2 unspecified atom stereocenters. The molecule has 0 aliphatic carbocycles. The summed E-state index contributed by atoms with van der Waals surface area (Å²) in [7, 11) is -0.414. The molecule has 0 radical (unpaired) electrons. The number of benzene rings is 1. The largest absolute Gasteiger partial charge is 0.350 e. The van der Waals surface area contributed by atoms with Gasteiger partial charge < -0.3 is 10.6 Å². The van der Waals surface area contributed by atoms with Gasteiger partial charge in [0.15, 0.2) is 0 Å². The molecule has 8 heteroatoms. The van der Waals surface area contributed by atoms with Crippen LogP contribution in [-0.4, -0.2) is 45.3 Å². The van der Waals surface area contributed by atoms with Crippen LogP contribution in [0.15, 0.2) is 29.2 Å². The van der Waals surface area contributed by atoms with E-state index in [1.165, 1.54) is 18.4 Å². The van der Waals surface area contributed by atoms with Crippen molar-refractivity contribution in [2.75, 3.05) is 20.6 Å². The molecule has 136 valence electrons. The molecule has 1 aliphatic heterocycles. The lowest BCUT2D eigenvalue weighted by molar-refractivity contribution is -0.122. The van der Waals surface area contributed by atoms with Crippen LogP contribution in [0.5, 0.6) is 0 Å². The minimum absolute atomic E-state index is 0. The zero-order chi connectivity index (χ0) is 17.0. The summed E-state index contributed by atoms with van der Waals surface area (Å²) < 4.78 is 25.2. The summed E-state index contributed by atoms with van der Waals surface area (Å²) in [6.07, 6.45) is 2.64. The van der Waals surface area contributed by atoms with Crippen molar-refractivity contribution < 1.29 is 13.2 Å². The van der Waals surface area contributed by atoms with Crippen LogP contribution in [0.3, 0.4) is 0 Å². The highest BCUT2D eigenvalue weighted by Gasteiger charge is 2.20. The number of halogens is 1. The number of carbonyl (C=O) groups is 1. The van der Waals surface area contributed by atoms with Crippen LogP contribution in [0.4, 0.5) is 0 Å². The highest BCUT2D eigenvalue weighted by atomic mass is 35.5. The van der Waals surface area contributed by atoms with Crippen LogP contribution in [-0.2, 0) is 14.8 Å². The monoisotopic (exact) mass is 375 g/mol. The Labute approximate surface area is 150 Å². The molecule has 24 heavy (non-hydrogen) atoms. The van der Waals surface area contributed by atoms with E-state index in [4.69, 9.17) is 0 Å². The number of hydrogen-bond acceptors (Lipinski definition) is 4. The molecule has 0 bridgehead atoms. The summed E-state index contributed by atoms with van der Waals surface area (Å²) in [6, 6.07) is 6.76. The molecule has 0 spiro atoms. The predicted molar refractivity (Wildman–Crippen MR) is 96.8 cm³/mol. The fourth-order valence-corrected chi connectivity index (χ4v) is 3.58. The maximum atomic E-state index is 12.0. The summed E-state index contributed by atoms with van der Waals surface area (Å²) in [5.74, 6) is 0.0156. The molecular formula is C16H26ClN3O3S. The van der Waals surface area contributed by atoms with Gasteiger partial charge in [0.1, 0.15) is 0 Å². The Morgan fingerprint density at radius 1 is 1.33 bits per heavy atom. The van der Waals surface area contributed by atoms with Crippen molar-refractivity contribution in [1.29, 1.82) is 0 Å². The topological polar surface area (TPSA) is 78.5 Å². The van der Waals surface area contributed by atoms with Crippen LogP contribution in [0, 0.1) is 0 Å². The Bertz CT molecular complexity index is 641. The van der Waals surface area contributed by atoms with Crippen molar-refractivity contribution in [2.24, 2.45) is 0 Å². The number of amides is 1. The van der Waals surface area contributed by atoms with Crippen molar-refractivity contribution in [2.45, 2.75) is 43.2 Å². The average Bonchev–Trinajstić information content (AvgIpc) is 2.99. The Balaban J connectivity index is 0.00000288. The van der Waals surface area contributed by atoms with Crippen molar-refractivity contribution >= 4 is 28.3 Å². The van der Waals surface area contributed by atoms with Gasteiger partial charge in [-0.3, -0.25) is 4.79 Å². The van der Waals surface area contributed by atoms with Crippen LogP contribution >= 0.6 is 12.4 Å². The predicted octanol–water partition coefficient (Wildman–Crippen LogP) is 1.68. The molecule has 1 amide bonds. The van der Waals surface area contributed by atoms with Gasteiger partial charge in [-0.2, -0.15) is 0 Å². The minimum Gasteiger partial charge on any atom is -0.350 e. The number of nitrogens with zero attached hydrogens (tertiary/aromatic N) is 1. The summed E-state index contributed by atoms with van der Waals surface area (Å²) in [6.45, 7) is 2.88. The molecule has 2 N–H and O–H groups in total. The van der Waals surface area contributed by atoms with Crippen molar-refractivity contribution in [1.82, 2.24) is 14.9 Å². The molecule has 6 nitrogen and oxygen atoms in total. The molecule has 1 aliphatic rings. The summed E-state index contributed by atoms with van der Waals surface area (Å²) in [5.41, 5.74) is 0.885. The van der Waals surface area contributed by atoms with Gasteiger partial charge in [-0.1, -0.05) is 12.1 Å². The third-order valence-electron chi connectivity index (χ3n) is 4.13. The minimum atomic E-state index is -3.42. The van der Waals surface area contributed by atoms with Gasteiger partial charge in [-0.25, -0.2) is 12.7 Å². The number of nitrogens with one attached hydrogen (secondary N) is 2. The van der Waals surface area contributed by atoms with Gasteiger partial charge in [-0.15, -0.1) is 12.4 Å². The van der Waals surface area contributed by atoms with Gasteiger partial charge in [0.05, 0.1) is 10.9 Å². The molecule has 1 aromatic carbocycles. The Morgan fingerprint density at radius 3 is 2.46 bits per heavy atom. The van der Waals surface area contributed by atoms with Crippen molar-refractivity contribution in [3.05, 3.63) is 29.8 Å². The first-order valence-electron chi connectivity index (χ1n) is 7.86. The lowest BCUT2D eigenvalue weighted by Crippen LogP contribution is -2.33. The lowest BCUT2D eigenvalue weighted by Gasteiger charge is -2.17. The number of sulfonamides is 1. The maximum absolute atomic E-state index is 12.0. The van der Waals surface area contributed by atoms with E-state index in [9.17, 15) is 13.2 Å². The smallest absolute Gasteiger partial charge is 0.242 e. The molecule has 2 rings (SSSR count). The maximum Gasteiger partial charge on any atom is 0.242 e. The van der Waals surface area contributed by atoms with E-state index in [0.29, 0.717) is 6.42 Å². The van der Waals surface area contributed by atoms with Gasteiger partial charge >= 0.3 is 0 Å².